The number of aliphatic imine (C=N–C) groups is 1. The van der Waals surface area contributed by atoms with Gasteiger partial charge in [-0.1, -0.05) is 12.1 Å². The fourth-order valence-electron chi connectivity index (χ4n) is 3.54. The standard InChI is InChI=1S/C21H22F2N4O2/c1-26-20(28)12-18(16-6-8-24-13-17(16)23)25-21(26)27-9-7-19(29-11-10-27)14-2-4-15(22)5-3-14/h2-6,8,12-13,19-20,28H,7,9-11H2,1H3. The number of aliphatic hydroxyl groups excluding tert-OH is 1. The van der Waals surface area contributed by atoms with Crippen LogP contribution in [0.4, 0.5) is 8.78 Å². The third-order valence-corrected chi connectivity index (χ3v) is 5.15. The second kappa shape index (κ2) is 8.26. The SMILES string of the molecule is CN1C(N2CCOC(c3ccc(F)cc3)CC2)=NC(c2ccncc2F)=CC1O. The van der Waals surface area contributed by atoms with Gasteiger partial charge in [-0.3, -0.25) is 4.98 Å². The van der Waals surface area contributed by atoms with Crippen LogP contribution in [-0.4, -0.2) is 58.8 Å². The third kappa shape index (κ3) is 4.13. The molecule has 0 aliphatic carbocycles. The summed E-state index contributed by atoms with van der Waals surface area (Å²) in [5.41, 5.74) is 1.58. The second-order valence-electron chi connectivity index (χ2n) is 7.03. The van der Waals surface area contributed by atoms with Crippen molar-refractivity contribution >= 4 is 11.7 Å². The smallest absolute Gasteiger partial charge is 0.203 e. The Hall–Kier alpha value is -2.84. The lowest BCUT2D eigenvalue weighted by Gasteiger charge is -2.35. The molecule has 2 atom stereocenters. The molecule has 2 aromatic rings. The van der Waals surface area contributed by atoms with Gasteiger partial charge in [0, 0.05) is 31.9 Å². The first kappa shape index (κ1) is 19.5. The fourth-order valence-corrected chi connectivity index (χ4v) is 3.54. The average Bonchev–Trinajstić information content (AvgIpc) is 2.97. The van der Waals surface area contributed by atoms with Gasteiger partial charge in [0.15, 0.2) is 12.0 Å². The number of nitrogens with zero attached hydrogens (tertiary/aromatic N) is 4. The predicted octanol–water partition coefficient (Wildman–Crippen LogP) is 2.78. The van der Waals surface area contributed by atoms with E-state index in [0.717, 1.165) is 11.8 Å². The summed E-state index contributed by atoms with van der Waals surface area (Å²) in [6.07, 6.45) is 3.74. The van der Waals surface area contributed by atoms with Gasteiger partial charge in [0.05, 0.1) is 24.6 Å². The Balaban J connectivity index is 1.55. The molecular weight excluding hydrogens is 378 g/mol. The minimum Gasteiger partial charge on any atom is -0.372 e. The molecule has 2 unspecified atom stereocenters. The number of aromatic nitrogens is 1. The summed E-state index contributed by atoms with van der Waals surface area (Å²) in [7, 11) is 1.74. The number of pyridine rings is 1. The third-order valence-electron chi connectivity index (χ3n) is 5.15. The van der Waals surface area contributed by atoms with Gasteiger partial charge < -0.3 is 19.6 Å². The van der Waals surface area contributed by atoms with Crippen molar-refractivity contribution in [3.8, 4) is 0 Å². The van der Waals surface area contributed by atoms with E-state index in [-0.39, 0.29) is 11.9 Å². The van der Waals surface area contributed by atoms with Gasteiger partial charge >= 0.3 is 0 Å². The number of ether oxygens (including phenoxy) is 1. The van der Waals surface area contributed by atoms with Gasteiger partial charge in [-0.2, -0.15) is 0 Å². The maximum absolute atomic E-state index is 14.2. The zero-order valence-corrected chi connectivity index (χ0v) is 16.0. The van der Waals surface area contributed by atoms with Crippen molar-refractivity contribution in [2.45, 2.75) is 18.8 Å². The lowest BCUT2D eigenvalue weighted by Crippen LogP contribution is -2.49. The first-order valence-corrected chi connectivity index (χ1v) is 9.46. The summed E-state index contributed by atoms with van der Waals surface area (Å²) < 4.78 is 33.3. The lowest BCUT2D eigenvalue weighted by atomic mass is 10.1. The zero-order chi connectivity index (χ0) is 20.4. The molecule has 0 radical (unpaired) electrons. The summed E-state index contributed by atoms with van der Waals surface area (Å²) in [4.78, 5) is 12.0. The first-order chi connectivity index (χ1) is 14.0. The number of rotatable bonds is 2. The van der Waals surface area contributed by atoms with Crippen molar-refractivity contribution in [3.05, 3.63) is 71.6 Å². The van der Waals surface area contributed by atoms with Gasteiger partial charge in [-0.25, -0.2) is 13.8 Å². The number of hydrogen-bond donors (Lipinski definition) is 1. The molecule has 6 nitrogen and oxygen atoms in total. The normalized spacial score (nSPS) is 22.8. The van der Waals surface area contributed by atoms with Crippen LogP contribution in [0.2, 0.25) is 0 Å². The average molecular weight is 400 g/mol. The maximum atomic E-state index is 14.2. The van der Waals surface area contributed by atoms with Crippen molar-refractivity contribution < 1.29 is 18.6 Å². The largest absolute Gasteiger partial charge is 0.372 e. The molecule has 0 bridgehead atoms. The number of halogens is 2. The molecule has 3 heterocycles. The lowest BCUT2D eigenvalue weighted by molar-refractivity contribution is 0.0621. The molecular formula is C21H22F2N4O2. The van der Waals surface area contributed by atoms with Crippen LogP contribution in [0.1, 0.15) is 23.7 Å². The van der Waals surface area contributed by atoms with Crippen LogP contribution in [0.25, 0.3) is 5.70 Å². The summed E-state index contributed by atoms with van der Waals surface area (Å²) in [6, 6.07) is 7.86. The first-order valence-electron chi connectivity index (χ1n) is 9.46. The molecule has 152 valence electrons. The van der Waals surface area contributed by atoms with E-state index in [0.29, 0.717) is 43.3 Å². The Morgan fingerprint density at radius 3 is 2.69 bits per heavy atom. The van der Waals surface area contributed by atoms with Crippen molar-refractivity contribution in [1.29, 1.82) is 0 Å². The highest BCUT2D eigenvalue weighted by Gasteiger charge is 2.28. The van der Waals surface area contributed by atoms with Gasteiger partial charge in [-0.05, 0) is 36.3 Å². The molecule has 1 N–H and O–H groups in total. The maximum Gasteiger partial charge on any atom is 0.203 e. The van der Waals surface area contributed by atoms with E-state index in [2.05, 4.69) is 9.98 Å². The minimum atomic E-state index is -0.929. The molecule has 0 amide bonds. The van der Waals surface area contributed by atoms with Crippen LogP contribution in [0, 0.1) is 11.6 Å². The number of hydrogen-bond acceptors (Lipinski definition) is 6. The second-order valence-corrected chi connectivity index (χ2v) is 7.03. The van der Waals surface area contributed by atoms with Crippen molar-refractivity contribution in [2.24, 2.45) is 4.99 Å². The number of likely N-dealkylation sites (N-methyl/N-ethyl adjacent to an activating group) is 1. The minimum absolute atomic E-state index is 0.146. The molecule has 8 heteroatoms. The van der Waals surface area contributed by atoms with E-state index in [1.807, 2.05) is 4.90 Å². The van der Waals surface area contributed by atoms with Crippen LogP contribution in [-0.2, 0) is 4.74 Å². The Morgan fingerprint density at radius 2 is 1.93 bits per heavy atom. The van der Waals surface area contributed by atoms with E-state index in [4.69, 9.17) is 4.74 Å². The summed E-state index contributed by atoms with van der Waals surface area (Å²) in [6.45, 7) is 1.65. The highest BCUT2D eigenvalue weighted by Crippen LogP contribution is 2.28. The molecule has 1 aromatic heterocycles. The predicted molar refractivity (Wildman–Crippen MR) is 105 cm³/mol. The van der Waals surface area contributed by atoms with Gasteiger partial charge in [0.25, 0.3) is 0 Å². The summed E-state index contributed by atoms with van der Waals surface area (Å²) in [5.74, 6) is -0.220. The Morgan fingerprint density at radius 1 is 1.14 bits per heavy atom. The van der Waals surface area contributed by atoms with Crippen LogP contribution in [0.15, 0.2) is 53.8 Å². The number of aliphatic hydroxyl groups is 1. The van der Waals surface area contributed by atoms with Crippen LogP contribution < -0.4 is 0 Å². The van der Waals surface area contributed by atoms with Crippen LogP contribution in [0.5, 0.6) is 0 Å². The summed E-state index contributed by atoms with van der Waals surface area (Å²) in [5, 5.41) is 10.5. The summed E-state index contributed by atoms with van der Waals surface area (Å²) >= 11 is 0. The molecule has 4 rings (SSSR count). The Kier molecular flexibility index (Phi) is 5.55. The molecule has 2 aliphatic rings. The monoisotopic (exact) mass is 400 g/mol. The van der Waals surface area contributed by atoms with Crippen molar-refractivity contribution in [1.82, 2.24) is 14.8 Å². The van der Waals surface area contributed by atoms with Crippen molar-refractivity contribution in [3.63, 3.8) is 0 Å². The van der Waals surface area contributed by atoms with E-state index in [9.17, 15) is 13.9 Å². The Bertz CT molecular complexity index is 933. The topological polar surface area (TPSA) is 61.2 Å². The quantitative estimate of drug-likeness (QED) is 0.840. The van der Waals surface area contributed by atoms with Crippen LogP contribution >= 0.6 is 0 Å². The van der Waals surface area contributed by atoms with E-state index in [1.54, 1.807) is 24.1 Å². The van der Waals surface area contributed by atoms with Crippen LogP contribution in [0.3, 0.4) is 0 Å². The van der Waals surface area contributed by atoms with E-state index < -0.39 is 12.0 Å². The number of guanidine groups is 1. The molecule has 2 aliphatic heterocycles. The number of benzene rings is 1. The molecule has 0 saturated carbocycles. The molecule has 1 fully saturated rings. The van der Waals surface area contributed by atoms with Crippen molar-refractivity contribution in [2.75, 3.05) is 26.7 Å². The van der Waals surface area contributed by atoms with Gasteiger partial charge in [-0.15, -0.1) is 0 Å². The van der Waals surface area contributed by atoms with Gasteiger partial charge in [0.2, 0.25) is 5.96 Å². The zero-order valence-electron chi connectivity index (χ0n) is 16.0. The van der Waals surface area contributed by atoms with Gasteiger partial charge in [0.1, 0.15) is 5.82 Å². The Labute approximate surface area is 167 Å². The molecule has 1 aromatic carbocycles. The molecule has 29 heavy (non-hydrogen) atoms. The highest BCUT2D eigenvalue weighted by molar-refractivity contribution is 5.89. The van der Waals surface area contributed by atoms with E-state index >= 15 is 0 Å². The van der Waals surface area contributed by atoms with E-state index in [1.165, 1.54) is 30.5 Å². The molecule has 1 saturated heterocycles. The molecule has 0 spiro atoms. The highest BCUT2D eigenvalue weighted by atomic mass is 19.1. The fraction of sp³-hybridized carbons (Fsp3) is 0.333.